The van der Waals surface area contributed by atoms with E-state index in [0.29, 0.717) is 0 Å². The molecular formula is C6H9F3Sn. The molecule has 0 fully saturated rings. The van der Waals surface area contributed by atoms with Crippen molar-refractivity contribution in [2.75, 3.05) is 0 Å². The summed E-state index contributed by atoms with van der Waals surface area (Å²) in [5.41, 5.74) is 0. The Bertz CT molecular complexity index is 146. The molecule has 0 amide bonds. The maximum atomic E-state index is 11.4. The average Bonchev–Trinajstić information content (AvgIpc) is 1.57. The predicted molar refractivity (Wildman–Crippen MR) is 37.2 cm³/mol. The monoisotopic (exact) mass is 258 g/mol. The molecule has 0 nitrogen and oxygen atoms in total. The Morgan fingerprint density at radius 1 is 1.10 bits per heavy atom. The van der Waals surface area contributed by atoms with Crippen LogP contribution in [-0.2, 0) is 0 Å². The third kappa shape index (κ3) is 8.15. The van der Waals surface area contributed by atoms with Crippen LogP contribution in [0.1, 0.15) is 0 Å². The summed E-state index contributed by atoms with van der Waals surface area (Å²) in [6.45, 7) is 0. The second-order valence-corrected chi connectivity index (χ2v) is 16.6. The van der Waals surface area contributed by atoms with Crippen molar-refractivity contribution in [3.8, 4) is 9.86 Å². The normalized spacial score (nSPS) is 12.2. The number of hydrogen-bond acceptors (Lipinski definition) is 0. The molecule has 0 spiro atoms. The van der Waals surface area contributed by atoms with E-state index in [1.807, 2.05) is 14.8 Å². The van der Waals surface area contributed by atoms with Gasteiger partial charge < -0.3 is 0 Å². The molecule has 0 N–H and O–H groups in total. The molecule has 0 aliphatic rings. The predicted octanol–water partition coefficient (Wildman–Crippen LogP) is 2.43. The summed E-state index contributed by atoms with van der Waals surface area (Å²) < 4.78 is 36.6. The standard InChI is InChI=1S/C3F3.3CH3.Sn/c1-2-3(4,5)6;;;;/h;3*1H3;. The van der Waals surface area contributed by atoms with E-state index in [9.17, 15) is 13.2 Å². The second kappa shape index (κ2) is 3.03. The zero-order valence-electron chi connectivity index (χ0n) is 6.13. The van der Waals surface area contributed by atoms with E-state index >= 15 is 0 Å². The van der Waals surface area contributed by atoms with Crippen LogP contribution in [0.4, 0.5) is 13.2 Å². The fourth-order valence-corrected chi connectivity index (χ4v) is 1.73. The Labute approximate surface area is 62.7 Å². The molecule has 0 aromatic rings. The first kappa shape index (κ1) is 10.1. The summed E-state index contributed by atoms with van der Waals surface area (Å²) in [5.74, 6) is 1.31. The van der Waals surface area contributed by atoms with Gasteiger partial charge in [0.1, 0.15) is 0 Å². The summed E-state index contributed by atoms with van der Waals surface area (Å²) in [6.07, 6.45) is -4.30. The second-order valence-electron chi connectivity index (χ2n) is 3.00. The van der Waals surface area contributed by atoms with Crippen molar-refractivity contribution in [3.05, 3.63) is 0 Å². The first-order valence-electron chi connectivity index (χ1n) is 2.82. The van der Waals surface area contributed by atoms with Gasteiger partial charge in [-0.2, -0.15) is 0 Å². The van der Waals surface area contributed by atoms with E-state index < -0.39 is 24.6 Å². The quantitative estimate of drug-likeness (QED) is 0.461. The Hall–Kier alpha value is 0.149. The fourth-order valence-electron chi connectivity index (χ4n) is 0.258. The molecule has 0 aliphatic heterocycles. The minimum absolute atomic E-state index is 1.31. The number of hydrogen-bond donors (Lipinski definition) is 0. The van der Waals surface area contributed by atoms with Crippen LogP contribution in [0.25, 0.3) is 0 Å². The van der Waals surface area contributed by atoms with Crippen molar-refractivity contribution < 1.29 is 13.2 Å². The molecule has 0 aromatic carbocycles. The van der Waals surface area contributed by atoms with Crippen LogP contribution < -0.4 is 0 Å². The third-order valence-electron chi connectivity index (χ3n) is 0.579. The summed E-state index contributed by atoms with van der Waals surface area (Å²) in [6, 6.07) is 0. The van der Waals surface area contributed by atoms with Crippen molar-refractivity contribution in [1.82, 2.24) is 0 Å². The van der Waals surface area contributed by atoms with Crippen molar-refractivity contribution >= 4 is 18.4 Å². The minimum atomic E-state index is -4.30. The molecule has 0 heterocycles. The zero-order chi connectivity index (χ0) is 8.41. The summed E-state index contributed by atoms with van der Waals surface area (Å²) in [7, 11) is 0. The Morgan fingerprint density at radius 3 is 1.60 bits per heavy atom. The van der Waals surface area contributed by atoms with Crippen LogP contribution in [0.3, 0.4) is 0 Å². The van der Waals surface area contributed by atoms with Gasteiger partial charge >= 0.3 is 62.4 Å². The van der Waals surface area contributed by atoms with Gasteiger partial charge in [0.25, 0.3) is 0 Å². The van der Waals surface area contributed by atoms with Crippen LogP contribution in [0, 0.1) is 9.86 Å². The molecule has 0 unspecified atom stereocenters. The van der Waals surface area contributed by atoms with E-state index in [1.54, 1.807) is 0 Å². The molecule has 0 bridgehead atoms. The van der Waals surface area contributed by atoms with Crippen LogP contribution in [-0.4, -0.2) is 24.6 Å². The van der Waals surface area contributed by atoms with E-state index in [1.165, 1.54) is 5.92 Å². The average molecular weight is 257 g/mol. The van der Waals surface area contributed by atoms with Gasteiger partial charge in [0.2, 0.25) is 0 Å². The molecule has 0 atom stereocenters. The number of rotatable bonds is 0. The summed E-state index contributed by atoms with van der Waals surface area (Å²) >= 11 is -2.50. The third-order valence-corrected chi connectivity index (χ3v) is 3.08. The van der Waals surface area contributed by atoms with Crippen molar-refractivity contribution in [2.24, 2.45) is 0 Å². The SMILES string of the molecule is [CH3][Sn]([CH3])([CH3])[C]#CC(F)(F)F. The molecular weight excluding hydrogens is 248 g/mol. The molecule has 0 radical (unpaired) electrons. The molecule has 0 aromatic heterocycles. The van der Waals surface area contributed by atoms with Crippen molar-refractivity contribution in [2.45, 2.75) is 21.0 Å². The van der Waals surface area contributed by atoms with Crippen LogP contribution in [0.15, 0.2) is 0 Å². The summed E-state index contributed by atoms with van der Waals surface area (Å²) in [5, 5.41) is 0. The van der Waals surface area contributed by atoms with Gasteiger partial charge in [0, 0.05) is 0 Å². The van der Waals surface area contributed by atoms with Crippen molar-refractivity contribution in [1.29, 1.82) is 0 Å². The number of halogens is 3. The topological polar surface area (TPSA) is 0 Å². The van der Waals surface area contributed by atoms with Crippen LogP contribution >= 0.6 is 0 Å². The molecule has 0 rings (SSSR count). The Kier molecular flexibility index (Phi) is 3.08. The maximum absolute atomic E-state index is 11.4. The first-order chi connectivity index (χ1) is 4.21. The molecule has 10 heavy (non-hydrogen) atoms. The Balaban J connectivity index is 4.19. The molecule has 4 heteroatoms. The van der Waals surface area contributed by atoms with Crippen LogP contribution in [0.2, 0.25) is 14.8 Å². The first-order valence-corrected chi connectivity index (χ1v) is 12.8. The van der Waals surface area contributed by atoms with E-state index in [-0.39, 0.29) is 0 Å². The van der Waals surface area contributed by atoms with Gasteiger partial charge in [0.05, 0.1) is 0 Å². The van der Waals surface area contributed by atoms with Crippen molar-refractivity contribution in [3.63, 3.8) is 0 Å². The van der Waals surface area contributed by atoms with Gasteiger partial charge in [-0.25, -0.2) is 0 Å². The zero-order valence-corrected chi connectivity index (χ0v) is 8.99. The fraction of sp³-hybridized carbons (Fsp3) is 0.667. The van der Waals surface area contributed by atoms with Gasteiger partial charge in [-0.05, 0) is 0 Å². The number of alkyl halides is 3. The van der Waals surface area contributed by atoms with Gasteiger partial charge in [-0.1, -0.05) is 0 Å². The Morgan fingerprint density at radius 2 is 1.50 bits per heavy atom. The van der Waals surface area contributed by atoms with Gasteiger partial charge in [-0.3, -0.25) is 0 Å². The molecule has 0 saturated heterocycles. The van der Waals surface area contributed by atoms with E-state index in [0.717, 1.165) is 0 Å². The van der Waals surface area contributed by atoms with E-state index in [2.05, 4.69) is 3.94 Å². The molecule has 0 aliphatic carbocycles. The molecule has 58 valence electrons. The van der Waals surface area contributed by atoms with E-state index in [4.69, 9.17) is 0 Å². The van der Waals surface area contributed by atoms with Gasteiger partial charge in [0.15, 0.2) is 0 Å². The summed E-state index contributed by atoms with van der Waals surface area (Å²) in [4.78, 5) is 5.52. The van der Waals surface area contributed by atoms with Gasteiger partial charge in [-0.15, -0.1) is 0 Å². The van der Waals surface area contributed by atoms with Crippen LogP contribution in [0.5, 0.6) is 0 Å². The molecule has 0 saturated carbocycles.